The molecule has 0 saturated heterocycles. The second-order valence-electron chi connectivity index (χ2n) is 4.26. The van der Waals surface area contributed by atoms with Crippen LogP contribution in [0, 0.1) is 6.92 Å². The Labute approximate surface area is 113 Å². The molecule has 0 unspecified atom stereocenters. The van der Waals surface area contributed by atoms with Crippen molar-refractivity contribution in [3.8, 4) is 0 Å². The van der Waals surface area contributed by atoms with Crippen molar-refractivity contribution in [3.63, 3.8) is 0 Å². The fraction of sp³-hybridized carbons (Fsp3) is 0.615. The maximum absolute atomic E-state index is 11.6. The normalized spacial score (nSPS) is 10.6. The van der Waals surface area contributed by atoms with Gasteiger partial charge in [-0.15, -0.1) is 0 Å². The molecule has 6 heteroatoms. The van der Waals surface area contributed by atoms with Crippen molar-refractivity contribution in [2.75, 3.05) is 25.1 Å². The zero-order chi connectivity index (χ0) is 14.3. The van der Waals surface area contributed by atoms with E-state index in [1.165, 1.54) is 6.20 Å². The molecule has 1 rings (SSSR count). The molecule has 1 aromatic heterocycles. The quantitative estimate of drug-likeness (QED) is 0.600. The maximum atomic E-state index is 11.6. The summed E-state index contributed by atoms with van der Waals surface area (Å²) in [7, 11) is 0. The van der Waals surface area contributed by atoms with Gasteiger partial charge in [-0.1, -0.05) is 0 Å². The Morgan fingerprint density at radius 2 is 2.21 bits per heavy atom. The number of aryl methyl sites for hydroxylation is 1. The fourth-order valence-electron chi connectivity index (χ4n) is 1.42. The second-order valence-corrected chi connectivity index (χ2v) is 4.26. The molecule has 0 atom stereocenters. The molecule has 0 aromatic carbocycles. The highest BCUT2D eigenvalue weighted by molar-refractivity contribution is 5.90. The van der Waals surface area contributed by atoms with Crippen LogP contribution in [0.25, 0.3) is 0 Å². The van der Waals surface area contributed by atoms with Crippen molar-refractivity contribution in [2.24, 2.45) is 0 Å². The first-order valence-electron chi connectivity index (χ1n) is 6.40. The summed E-state index contributed by atoms with van der Waals surface area (Å²) in [4.78, 5) is 19.9. The van der Waals surface area contributed by atoms with E-state index in [1.807, 2.05) is 13.8 Å². The van der Waals surface area contributed by atoms with Gasteiger partial charge in [0.2, 0.25) is 5.95 Å². The number of carbonyl (C=O) groups excluding carboxylic acids is 1. The fourth-order valence-corrected chi connectivity index (χ4v) is 1.42. The van der Waals surface area contributed by atoms with Crippen LogP contribution >= 0.6 is 0 Å². The lowest BCUT2D eigenvalue weighted by atomic mass is 10.2. The summed E-state index contributed by atoms with van der Waals surface area (Å²) < 4.78 is 10.3. The number of carbonyl (C=O) groups is 1. The van der Waals surface area contributed by atoms with E-state index in [0.717, 1.165) is 0 Å². The minimum absolute atomic E-state index is 0.204. The van der Waals surface area contributed by atoms with E-state index in [0.29, 0.717) is 37.0 Å². The highest BCUT2D eigenvalue weighted by Gasteiger charge is 2.12. The number of nitrogens with one attached hydrogen (secondary N) is 1. The average Bonchev–Trinajstić information content (AvgIpc) is 2.34. The standard InChI is InChI=1S/C13H21N3O3/c1-5-18-12(17)11-8-15-13(16-10(11)4)14-6-7-19-9(2)3/h8-9H,5-7H2,1-4H3,(H,14,15,16). The number of hydrogen-bond donors (Lipinski definition) is 1. The van der Waals surface area contributed by atoms with Crippen LogP contribution in [0.4, 0.5) is 5.95 Å². The van der Waals surface area contributed by atoms with Gasteiger partial charge in [-0.05, 0) is 27.7 Å². The maximum Gasteiger partial charge on any atom is 0.341 e. The lowest BCUT2D eigenvalue weighted by Gasteiger charge is -2.10. The molecular formula is C13H21N3O3. The van der Waals surface area contributed by atoms with Crippen LogP contribution in [0.15, 0.2) is 6.20 Å². The zero-order valence-electron chi connectivity index (χ0n) is 11.9. The molecule has 0 aliphatic heterocycles. The van der Waals surface area contributed by atoms with Crippen LogP contribution in [0.5, 0.6) is 0 Å². The predicted octanol–water partition coefficient (Wildman–Crippen LogP) is 1.80. The van der Waals surface area contributed by atoms with Crippen molar-refractivity contribution in [2.45, 2.75) is 33.8 Å². The van der Waals surface area contributed by atoms with Crippen molar-refractivity contribution < 1.29 is 14.3 Å². The predicted molar refractivity (Wildman–Crippen MR) is 72.3 cm³/mol. The molecule has 0 spiro atoms. The van der Waals surface area contributed by atoms with Gasteiger partial charge in [0.05, 0.1) is 30.6 Å². The first-order chi connectivity index (χ1) is 9.04. The first-order valence-corrected chi connectivity index (χ1v) is 6.40. The third-order valence-corrected chi connectivity index (χ3v) is 2.31. The van der Waals surface area contributed by atoms with Crippen molar-refractivity contribution >= 4 is 11.9 Å². The SMILES string of the molecule is CCOC(=O)c1cnc(NCCOC(C)C)nc1C. The molecule has 1 heterocycles. The summed E-state index contributed by atoms with van der Waals surface area (Å²) in [6.45, 7) is 9.02. The summed E-state index contributed by atoms with van der Waals surface area (Å²) in [5.74, 6) is 0.0904. The van der Waals surface area contributed by atoms with Gasteiger partial charge >= 0.3 is 5.97 Å². The van der Waals surface area contributed by atoms with E-state index >= 15 is 0 Å². The van der Waals surface area contributed by atoms with Gasteiger partial charge in [-0.3, -0.25) is 0 Å². The number of nitrogens with zero attached hydrogens (tertiary/aromatic N) is 2. The molecule has 0 fully saturated rings. The van der Waals surface area contributed by atoms with Crippen LogP contribution in [0.2, 0.25) is 0 Å². The Hall–Kier alpha value is -1.69. The number of hydrogen-bond acceptors (Lipinski definition) is 6. The van der Waals surface area contributed by atoms with Gasteiger partial charge in [-0.2, -0.15) is 0 Å². The van der Waals surface area contributed by atoms with Gasteiger partial charge in [0.25, 0.3) is 0 Å². The molecule has 0 aliphatic carbocycles. The molecule has 1 N–H and O–H groups in total. The van der Waals surface area contributed by atoms with Crippen molar-refractivity contribution in [1.29, 1.82) is 0 Å². The van der Waals surface area contributed by atoms with Crippen LogP contribution in [-0.4, -0.2) is 41.8 Å². The van der Waals surface area contributed by atoms with Crippen molar-refractivity contribution in [1.82, 2.24) is 9.97 Å². The summed E-state index contributed by atoms with van der Waals surface area (Å²) in [6, 6.07) is 0. The van der Waals surface area contributed by atoms with Crippen LogP contribution in [0.1, 0.15) is 36.8 Å². The Morgan fingerprint density at radius 3 is 2.79 bits per heavy atom. The Morgan fingerprint density at radius 1 is 1.47 bits per heavy atom. The van der Waals surface area contributed by atoms with Gasteiger partial charge in [-0.25, -0.2) is 14.8 Å². The summed E-state index contributed by atoms with van der Waals surface area (Å²) in [5, 5.41) is 3.04. The van der Waals surface area contributed by atoms with Crippen LogP contribution < -0.4 is 5.32 Å². The highest BCUT2D eigenvalue weighted by Crippen LogP contribution is 2.08. The first kappa shape index (κ1) is 15.4. The molecule has 0 amide bonds. The number of aromatic nitrogens is 2. The molecule has 106 valence electrons. The Kier molecular flexibility index (Phi) is 6.21. The molecule has 0 aliphatic rings. The monoisotopic (exact) mass is 267 g/mol. The molecule has 1 aromatic rings. The average molecular weight is 267 g/mol. The van der Waals surface area contributed by atoms with E-state index in [1.54, 1.807) is 13.8 Å². The lowest BCUT2D eigenvalue weighted by Crippen LogP contribution is -2.16. The zero-order valence-corrected chi connectivity index (χ0v) is 11.9. The lowest BCUT2D eigenvalue weighted by molar-refractivity contribution is 0.0524. The van der Waals surface area contributed by atoms with E-state index in [-0.39, 0.29) is 6.10 Å². The van der Waals surface area contributed by atoms with Crippen LogP contribution in [-0.2, 0) is 9.47 Å². The van der Waals surface area contributed by atoms with Gasteiger partial charge in [0.1, 0.15) is 0 Å². The Balaban J connectivity index is 2.54. The second kappa shape index (κ2) is 7.68. The molecular weight excluding hydrogens is 246 g/mol. The summed E-state index contributed by atoms with van der Waals surface area (Å²) in [6.07, 6.45) is 1.68. The van der Waals surface area contributed by atoms with Gasteiger partial charge < -0.3 is 14.8 Å². The Bertz CT molecular complexity index is 422. The molecule has 6 nitrogen and oxygen atoms in total. The highest BCUT2D eigenvalue weighted by atomic mass is 16.5. The number of ether oxygens (including phenoxy) is 2. The minimum Gasteiger partial charge on any atom is -0.462 e. The topological polar surface area (TPSA) is 73.3 Å². The minimum atomic E-state index is -0.394. The van der Waals surface area contributed by atoms with Crippen molar-refractivity contribution in [3.05, 3.63) is 17.5 Å². The molecule has 0 saturated carbocycles. The van der Waals surface area contributed by atoms with Gasteiger partial charge in [0, 0.05) is 12.7 Å². The van der Waals surface area contributed by atoms with Gasteiger partial charge in [0.15, 0.2) is 0 Å². The molecule has 0 radical (unpaired) electrons. The molecule has 19 heavy (non-hydrogen) atoms. The van der Waals surface area contributed by atoms with E-state index < -0.39 is 5.97 Å². The largest absolute Gasteiger partial charge is 0.462 e. The number of anilines is 1. The molecule has 0 bridgehead atoms. The third-order valence-electron chi connectivity index (χ3n) is 2.31. The number of rotatable bonds is 7. The van der Waals surface area contributed by atoms with E-state index in [2.05, 4.69) is 15.3 Å². The van der Waals surface area contributed by atoms with Crippen LogP contribution in [0.3, 0.4) is 0 Å². The third kappa shape index (κ3) is 5.21. The summed E-state index contributed by atoms with van der Waals surface area (Å²) in [5.41, 5.74) is 0.992. The summed E-state index contributed by atoms with van der Waals surface area (Å²) >= 11 is 0. The number of esters is 1. The van der Waals surface area contributed by atoms with E-state index in [9.17, 15) is 4.79 Å². The smallest absolute Gasteiger partial charge is 0.341 e. The van der Waals surface area contributed by atoms with E-state index in [4.69, 9.17) is 9.47 Å².